The number of aromatic nitrogens is 1. The number of carbonyl (C=O) groups excluding carboxylic acids is 3. The van der Waals surface area contributed by atoms with Crippen molar-refractivity contribution in [2.24, 2.45) is 0 Å². The molecule has 1 aromatic carbocycles. The largest absolute Gasteiger partial charge is 0.338 e. The molecule has 1 atom stereocenters. The van der Waals surface area contributed by atoms with Gasteiger partial charge in [0.15, 0.2) is 0 Å². The van der Waals surface area contributed by atoms with Crippen molar-refractivity contribution in [3.8, 4) is 0 Å². The first kappa shape index (κ1) is 21.6. The Labute approximate surface area is 193 Å². The van der Waals surface area contributed by atoms with Crippen molar-refractivity contribution < 1.29 is 14.4 Å². The third-order valence-electron chi connectivity index (χ3n) is 7.12. The Bertz CT molecular complexity index is 1020. The Morgan fingerprint density at radius 1 is 1.03 bits per heavy atom. The number of carbonyl (C=O) groups is 3. The van der Waals surface area contributed by atoms with Crippen LogP contribution >= 0.6 is 0 Å². The van der Waals surface area contributed by atoms with Gasteiger partial charge in [-0.25, -0.2) is 4.79 Å². The summed E-state index contributed by atoms with van der Waals surface area (Å²) in [7, 11) is 0. The van der Waals surface area contributed by atoms with Crippen LogP contribution in [0.25, 0.3) is 0 Å². The molecule has 5 rings (SSSR count). The van der Waals surface area contributed by atoms with Crippen LogP contribution in [-0.4, -0.2) is 75.3 Å². The molecule has 0 radical (unpaired) electrons. The van der Waals surface area contributed by atoms with Gasteiger partial charge < -0.3 is 10.2 Å². The van der Waals surface area contributed by atoms with Crippen LogP contribution in [0.4, 0.5) is 4.79 Å². The molecule has 33 heavy (non-hydrogen) atoms. The molecule has 3 aliphatic rings. The van der Waals surface area contributed by atoms with Gasteiger partial charge in [-0.1, -0.05) is 18.2 Å². The molecular weight excluding hydrogens is 418 g/mol. The predicted octanol–water partition coefficient (Wildman–Crippen LogP) is 2.27. The molecule has 3 saturated heterocycles. The number of nitrogens with zero attached hydrogens (tertiary/aromatic N) is 4. The van der Waals surface area contributed by atoms with Crippen LogP contribution in [0.3, 0.4) is 0 Å². The molecule has 1 aromatic heterocycles. The number of pyridine rings is 1. The van der Waals surface area contributed by atoms with Gasteiger partial charge in [-0.3, -0.25) is 24.4 Å². The van der Waals surface area contributed by atoms with Gasteiger partial charge in [-0.15, -0.1) is 0 Å². The SMILES string of the molecule is O=C(c1ccccc1)N1CCC2(CC1)NC(=O)N(C1CCCN(Cc3ccncc3)C1)C2=O. The first-order valence-electron chi connectivity index (χ1n) is 11.7. The van der Waals surface area contributed by atoms with Gasteiger partial charge >= 0.3 is 6.03 Å². The van der Waals surface area contributed by atoms with E-state index < -0.39 is 5.54 Å². The fourth-order valence-corrected chi connectivity index (χ4v) is 5.30. The zero-order chi connectivity index (χ0) is 22.8. The van der Waals surface area contributed by atoms with Gasteiger partial charge in [-0.05, 0) is 62.1 Å². The highest BCUT2D eigenvalue weighted by atomic mass is 16.2. The quantitative estimate of drug-likeness (QED) is 0.727. The van der Waals surface area contributed by atoms with Gasteiger partial charge in [0.05, 0.1) is 6.04 Å². The highest BCUT2D eigenvalue weighted by Crippen LogP contribution is 2.33. The van der Waals surface area contributed by atoms with Gasteiger partial charge in [0.2, 0.25) is 0 Å². The zero-order valence-electron chi connectivity index (χ0n) is 18.7. The number of imide groups is 1. The molecule has 172 valence electrons. The molecule has 0 aliphatic carbocycles. The molecule has 1 N–H and O–H groups in total. The van der Waals surface area contributed by atoms with E-state index in [4.69, 9.17) is 0 Å². The molecular formula is C25H29N5O3. The lowest BCUT2D eigenvalue weighted by molar-refractivity contribution is -0.135. The van der Waals surface area contributed by atoms with Gasteiger partial charge in [-0.2, -0.15) is 0 Å². The number of hydrogen-bond acceptors (Lipinski definition) is 5. The summed E-state index contributed by atoms with van der Waals surface area (Å²) in [5.41, 5.74) is 0.931. The van der Waals surface area contributed by atoms with E-state index in [1.807, 2.05) is 30.3 Å². The molecule has 8 nitrogen and oxygen atoms in total. The summed E-state index contributed by atoms with van der Waals surface area (Å²) >= 11 is 0. The van der Waals surface area contributed by atoms with Crippen LogP contribution < -0.4 is 5.32 Å². The van der Waals surface area contributed by atoms with Crippen LogP contribution in [-0.2, 0) is 11.3 Å². The van der Waals surface area contributed by atoms with Crippen molar-refractivity contribution in [3.05, 3.63) is 66.0 Å². The van der Waals surface area contributed by atoms with E-state index in [1.54, 1.807) is 29.4 Å². The number of hydrogen-bond donors (Lipinski definition) is 1. The van der Waals surface area contributed by atoms with Crippen LogP contribution in [0.15, 0.2) is 54.9 Å². The van der Waals surface area contributed by atoms with Crippen molar-refractivity contribution in [1.82, 2.24) is 25.0 Å². The van der Waals surface area contributed by atoms with Gasteiger partial charge in [0.1, 0.15) is 5.54 Å². The van der Waals surface area contributed by atoms with E-state index in [9.17, 15) is 14.4 Å². The normalized spacial score (nSPS) is 23.1. The molecule has 4 heterocycles. The van der Waals surface area contributed by atoms with E-state index in [0.717, 1.165) is 25.9 Å². The first-order valence-corrected chi connectivity index (χ1v) is 11.7. The molecule has 4 amide bonds. The number of likely N-dealkylation sites (tertiary alicyclic amines) is 2. The predicted molar refractivity (Wildman–Crippen MR) is 122 cm³/mol. The summed E-state index contributed by atoms with van der Waals surface area (Å²) in [6.07, 6.45) is 6.22. The molecule has 0 saturated carbocycles. The second kappa shape index (κ2) is 8.94. The Morgan fingerprint density at radius 2 is 1.76 bits per heavy atom. The van der Waals surface area contributed by atoms with E-state index in [0.29, 0.717) is 38.0 Å². The minimum atomic E-state index is -0.891. The second-order valence-corrected chi connectivity index (χ2v) is 9.23. The van der Waals surface area contributed by atoms with E-state index in [-0.39, 0.29) is 23.9 Å². The van der Waals surface area contributed by atoms with Gasteiger partial charge in [0, 0.05) is 44.1 Å². The maximum absolute atomic E-state index is 13.5. The lowest BCUT2D eigenvalue weighted by atomic mass is 9.86. The Hall–Kier alpha value is -3.26. The number of urea groups is 1. The summed E-state index contributed by atoms with van der Waals surface area (Å²) < 4.78 is 0. The Kier molecular flexibility index (Phi) is 5.85. The van der Waals surface area contributed by atoms with Crippen molar-refractivity contribution in [2.75, 3.05) is 26.2 Å². The lowest BCUT2D eigenvalue weighted by Crippen LogP contribution is -2.56. The highest BCUT2D eigenvalue weighted by Gasteiger charge is 2.54. The van der Waals surface area contributed by atoms with Crippen molar-refractivity contribution >= 4 is 17.8 Å². The molecule has 3 fully saturated rings. The number of amides is 4. The number of nitrogens with one attached hydrogen (secondary N) is 1. The van der Waals surface area contributed by atoms with Gasteiger partial charge in [0.25, 0.3) is 11.8 Å². The Morgan fingerprint density at radius 3 is 2.48 bits per heavy atom. The summed E-state index contributed by atoms with van der Waals surface area (Å²) in [6, 6.07) is 12.8. The third kappa shape index (κ3) is 4.23. The van der Waals surface area contributed by atoms with E-state index >= 15 is 0 Å². The minimum Gasteiger partial charge on any atom is -0.338 e. The fourth-order valence-electron chi connectivity index (χ4n) is 5.30. The first-order chi connectivity index (χ1) is 16.1. The smallest absolute Gasteiger partial charge is 0.325 e. The van der Waals surface area contributed by atoms with E-state index in [2.05, 4.69) is 15.2 Å². The molecule has 3 aliphatic heterocycles. The number of piperidine rings is 2. The molecule has 1 unspecified atom stereocenters. The van der Waals surface area contributed by atoms with Crippen LogP contribution in [0, 0.1) is 0 Å². The average molecular weight is 448 g/mol. The lowest BCUT2D eigenvalue weighted by Gasteiger charge is -2.39. The minimum absolute atomic E-state index is 0.0295. The fraction of sp³-hybridized carbons (Fsp3) is 0.440. The monoisotopic (exact) mass is 447 g/mol. The third-order valence-corrected chi connectivity index (χ3v) is 7.12. The molecule has 8 heteroatoms. The zero-order valence-corrected chi connectivity index (χ0v) is 18.7. The maximum Gasteiger partial charge on any atom is 0.325 e. The summed E-state index contributed by atoms with van der Waals surface area (Å²) in [5, 5.41) is 3.00. The average Bonchev–Trinajstić information content (AvgIpc) is 3.09. The van der Waals surface area contributed by atoms with E-state index in [1.165, 1.54) is 10.5 Å². The van der Waals surface area contributed by atoms with Crippen molar-refractivity contribution in [3.63, 3.8) is 0 Å². The van der Waals surface area contributed by atoms with Crippen LogP contribution in [0.2, 0.25) is 0 Å². The summed E-state index contributed by atoms with van der Waals surface area (Å²) in [6.45, 7) is 3.31. The number of rotatable bonds is 4. The standard InChI is InChI=1S/C25H29N5O3/c31-22(20-5-2-1-3-6-20)29-15-10-25(11-16-29)23(32)30(24(33)27-25)21-7-4-14-28(18-21)17-19-8-12-26-13-9-19/h1-3,5-6,8-9,12-13,21H,4,7,10-11,14-18H2,(H,27,33). The second-order valence-electron chi connectivity index (χ2n) is 9.23. The maximum atomic E-state index is 13.5. The summed E-state index contributed by atoms with van der Waals surface area (Å²) in [5.74, 6) is -0.159. The topological polar surface area (TPSA) is 85.8 Å². The molecule has 0 bridgehead atoms. The van der Waals surface area contributed by atoms with Crippen molar-refractivity contribution in [1.29, 1.82) is 0 Å². The number of benzene rings is 1. The summed E-state index contributed by atoms with van der Waals surface area (Å²) in [4.78, 5) is 48.9. The molecule has 1 spiro atoms. The highest BCUT2D eigenvalue weighted by molar-refractivity contribution is 6.07. The molecule has 2 aromatic rings. The van der Waals surface area contributed by atoms with Crippen LogP contribution in [0.1, 0.15) is 41.6 Å². The van der Waals surface area contributed by atoms with Crippen LogP contribution in [0.5, 0.6) is 0 Å². The van der Waals surface area contributed by atoms with Crippen molar-refractivity contribution in [2.45, 2.75) is 43.8 Å². The Balaban J connectivity index is 1.23.